The summed E-state index contributed by atoms with van der Waals surface area (Å²) in [5.41, 5.74) is 0.655. The second kappa shape index (κ2) is 5.69. The minimum Gasteiger partial charge on any atom is -0.313 e. The van der Waals surface area contributed by atoms with Crippen LogP contribution in [0.2, 0.25) is 0 Å². The maximum atomic E-state index is 13.4. The lowest BCUT2D eigenvalue weighted by Crippen LogP contribution is -2.18. The van der Waals surface area contributed by atoms with E-state index in [0.717, 1.165) is 4.47 Å². The highest BCUT2D eigenvalue weighted by Gasteiger charge is 2.13. The molecular formula is C10H12BrClFN. The zero-order chi connectivity index (χ0) is 10.6. The normalized spacial score (nSPS) is 12.9. The molecule has 1 rings (SSSR count). The molecule has 1 aromatic rings. The van der Waals surface area contributed by atoms with E-state index in [-0.39, 0.29) is 11.9 Å². The zero-order valence-corrected chi connectivity index (χ0v) is 10.2. The third kappa shape index (κ3) is 2.94. The highest BCUT2D eigenvalue weighted by molar-refractivity contribution is 9.10. The van der Waals surface area contributed by atoms with Crippen LogP contribution < -0.4 is 5.32 Å². The molecule has 0 saturated carbocycles. The second-order valence-corrected chi connectivity index (χ2v) is 4.28. The number of hydrogen-bond acceptors (Lipinski definition) is 1. The molecule has 0 heterocycles. The molecule has 1 nitrogen and oxygen atoms in total. The molecule has 1 aromatic carbocycles. The van der Waals surface area contributed by atoms with Crippen molar-refractivity contribution in [3.8, 4) is 0 Å². The molecule has 0 saturated heterocycles. The zero-order valence-electron chi connectivity index (χ0n) is 7.86. The average Bonchev–Trinajstić information content (AvgIpc) is 2.18. The van der Waals surface area contributed by atoms with E-state index in [4.69, 9.17) is 11.6 Å². The van der Waals surface area contributed by atoms with Crippen LogP contribution >= 0.6 is 27.5 Å². The standard InChI is InChI=1S/C10H12BrClFN/c1-14-10(4-5-12)8-6-7(11)2-3-9(8)13/h2-3,6,10,14H,4-5H2,1H3. The van der Waals surface area contributed by atoms with Gasteiger partial charge in [0.1, 0.15) is 5.82 Å². The van der Waals surface area contributed by atoms with Crippen molar-refractivity contribution in [3.05, 3.63) is 34.1 Å². The third-order valence-corrected chi connectivity index (χ3v) is 2.79. The van der Waals surface area contributed by atoms with Gasteiger partial charge in [-0.1, -0.05) is 15.9 Å². The molecule has 4 heteroatoms. The van der Waals surface area contributed by atoms with Gasteiger partial charge in [-0.15, -0.1) is 11.6 Å². The summed E-state index contributed by atoms with van der Waals surface area (Å²) >= 11 is 8.96. The molecule has 14 heavy (non-hydrogen) atoms. The van der Waals surface area contributed by atoms with E-state index >= 15 is 0 Å². The topological polar surface area (TPSA) is 12.0 Å². The number of hydrogen-bond donors (Lipinski definition) is 1. The highest BCUT2D eigenvalue weighted by atomic mass is 79.9. The van der Waals surface area contributed by atoms with Gasteiger partial charge in [-0.05, 0) is 31.7 Å². The van der Waals surface area contributed by atoms with Crippen LogP contribution in [0.4, 0.5) is 4.39 Å². The molecule has 0 aliphatic carbocycles. The Morgan fingerprint density at radius 2 is 2.29 bits per heavy atom. The van der Waals surface area contributed by atoms with Crippen molar-refractivity contribution in [2.24, 2.45) is 0 Å². The van der Waals surface area contributed by atoms with Gasteiger partial charge >= 0.3 is 0 Å². The lowest BCUT2D eigenvalue weighted by molar-refractivity contribution is 0.526. The van der Waals surface area contributed by atoms with E-state index in [9.17, 15) is 4.39 Å². The fraction of sp³-hybridized carbons (Fsp3) is 0.400. The smallest absolute Gasteiger partial charge is 0.128 e. The van der Waals surface area contributed by atoms with Gasteiger partial charge in [0, 0.05) is 22.0 Å². The van der Waals surface area contributed by atoms with Crippen LogP contribution in [-0.4, -0.2) is 12.9 Å². The maximum absolute atomic E-state index is 13.4. The fourth-order valence-corrected chi connectivity index (χ4v) is 1.94. The summed E-state index contributed by atoms with van der Waals surface area (Å²) in [6, 6.07) is 4.90. The molecule has 0 amide bonds. The van der Waals surface area contributed by atoms with Crippen molar-refractivity contribution < 1.29 is 4.39 Å². The summed E-state index contributed by atoms with van der Waals surface area (Å²) in [6.07, 6.45) is 0.714. The highest BCUT2D eigenvalue weighted by Crippen LogP contribution is 2.23. The SMILES string of the molecule is CNC(CCCl)c1cc(Br)ccc1F. The Morgan fingerprint density at radius 1 is 1.57 bits per heavy atom. The minimum absolute atomic E-state index is 0.0231. The van der Waals surface area contributed by atoms with Gasteiger partial charge in [-0.25, -0.2) is 4.39 Å². The van der Waals surface area contributed by atoms with E-state index in [1.54, 1.807) is 19.2 Å². The van der Waals surface area contributed by atoms with Crippen molar-refractivity contribution in [3.63, 3.8) is 0 Å². The Labute approximate surface area is 96.8 Å². The maximum Gasteiger partial charge on any atom is 0.128 e. The molecule has 0 aliphatic heterocycles. The van der Waals surface area contributed by atoms with Crippen molar-refractivity contribution in [1.29, 1.82) is 0 Å². The molecule has 1 atom stereocenters. The van der Waals surface area contributed by atoms with E-state index in [2.05, 4.69) is 21.2 Å². The Kier molecular flexibility index (Phi) is 4.85. The van der Waals surface area contributed by atoms with Crippen molar-refractivity contribution >= 4 is 27.5 Å². The molecule has 0 radical (unpaired) electrons. The molecule has 0 aromatic heterocycles. The molecule has 0 aliphatic rings. The summed E-state index contributed by atoms with van der Waals surface area (Å²) in [5, 5.41) is 3.04. The molecular weight excluding hydrogens is 268 g/mol. The fourth-order valence-electron chi connectivity index (χ4n) is 1.35. The first-order valence-corrected chi connectivity index (χ1v) is 5.70. The van der Waals surface area contributed by atoms with Crippen molar-refractivity contribution in [1.82, 2.24) is 5.32 Å². The molecule has 1 unspecified atom stereocenters. The largest absolute Gasteiger partial charge is 0.313 e. The minimum atomic E-state index is -0.197. The van der Waals surface area contributed by atoms with Crippen LogP contribution in [0.1, 0.15) is 18.0 Å². The monoisotopic (exact) mass is 279 g/mol. The first-order valence-electron chi connectivity index (χ1n) is 4.37. The van der Waals surface area contributed by atoms with Crippen LogP contribution in [-0.2, 0) is 0 Å². The third-order valence-electron chi connectivity index (χ3n) is 2.08. The predicted octanol–water partition coefficient (Wildman–Crippen LogP) is 3.48. The first-order chi connectivity index (χ1) is 6.69. The Balaban J connectivity index is 2.96. The summed E-state index contributed by atoms with van der Waals surface area (Å²) in [4.78, 5) is 0. The Morgan fingerprint density at radius 3 is 2.86 bits per heavy atom. The van der Waals surface area contributed by atoms with Gasteiger partial charge in [0.25, 0.3) is 0 Å². The van der Waals surface area contributed by atoms with Crippen LogP contribution in [0.25, 0.3) is 0 Å². The van der Waals surface area contributed by atoms with Gasteiger partial charge < -0.3 is 5.32 Å². The van der Waals surface area contributed by atoms with Gasteiger partial charge in [0.05, 0.1) is 0 Å². The molecule has 78 valence electrons. The summed E-state index contributed by atoms with van der Waals surface area (Å²) in [7, 11) is 1.80. The van der Waals surface area contributed by atoms with Gasteiger partial charge in [-0.2, -0.15) is 0 Å². The van der Waals surface area contributed by atoms with E-state index in [0.29, 0.717) is 17.9 Å². The first kappa shape index (κ1) is 12.0. The van der Waals surface area contributed by atoms with Crippen LogP contribution in [0.5, 0.6) is 0 Å². The molecule has 0 spiro atoms. The number of nitrogens with one attached hydrogen (secondary N) is 1. The lowest BCUT2D eigenvalue weighted by atomic mass is 10.0. The average molecular weight is 281 g/mol. The van der Waals surface area contributed by atoms with E-state index in [1.165, 1.54) is 6.07 Å². The number of alkyl halides is 1. The van der Waals surface area contributed by atoms with Crippen LogP contribution in [0.15, 0.2) is 22.7 Å². The molecule has 0 fully saturated rings. The van der Waals surface area contributed by atoms with Gasteiger partial charge in [0.15, 0.2) is 0 Å². The molecule has 0 bridgehead atoms. The summed E-state index contributed by atoms with van der Waals surface area (Å²) in [5.74, 6) is 0.315. The van der Waals surface area contributed by atoms with Gasteiger partial charge in [-0.3, -0.25) is 0 Å². The van der Waals surface area contributed by atoms with Gasteiger partial charge in [0.2, 0.25) is 0 Å². The summed E-state index contributed by atoms with van der Waals surface area (Å²) < 4.78 is 14.3. The number of benzene rings is 1. The summed E-state index contributed by atoms with van der Waals surface area (Å²) in [6.45, 7) is 0. The van der Waals surface area contributed by atoms with Crippen LogP contribution in [0, 0.1) is 5.82 Å². The predicted molar refractivity (Wildman–Crippen MR) is 61.2 cm³/mol. The number of halogens is 3. The van der Waals surface area contributed by atoms with E-state index in [1.807, 2.05) is 0 Å². The Hall–Kier alpha value is -0.120. The quantitative estimate of drug-likeness (QED) is 0.833. The lowest BCUT2D eigenvalue weighted by Gasteiger charge is -2.16. The Bertz CT molecular complexity index is 306. The van der Waals surface area contributed by atoms with E-state index < -0.39 is 0 Å². The van der Waals surface area contributed by atoms with Crippen LogP contribution in [0.3, 0.4) is 0 Å². The van der Waals surface area contributed by atoms with Crippen molar-refractivity contribution in [2.45, 2.75) is 12.5 Å². The molecule has 1 N–H and O–H groups in total. The number of rotatable bonds is 4. The van der Waals surface area contributed by atoms with Crippen molar-refractivity contribution in [2.75, 3.05) is 12.9 Å². The second-order valence-electron chi connectivity index (χ2n) is 2.98.